The van der Waals surface area contributed by atoms with Crippen LogP contribution in [0.15, 0.2) is 18.2 Å². The van der Waals surface area contributed by atoms with E-state index in [0.717, 1.165) is 6.42 Å². The van der Waals surface area contributed by atoms with Crippen LogP contribution in [0, 0.1) is 0 Å². The molecule has 0 fully saturated rings. The van der Waals surface area contributed by atoms with Gasteiger partial charge in [-0.05, 0) is 94.4 Å². The molecule has 0 nitrogen and oxygen atoms in total. The van der Waals surface area contributed by atoms with Gasteiger partial charge in [-0.1, -0.05) is 171 Å². The average molecular weight is 589 g/mol. The average Bonchev–Trinajstić information content (AvgIpc) is 2.73. The van der Waals surface area contributed by atoms with Gasteiger partial charge in [-0.15, -0.1) is 0 Å². The normalized spacial score (nSPS) is 15.2. The molecule has 244 valence electrons. The van der Waals surface area contributed by atoms with Crippen molar-refractivity contribution >= 4 is 0 Å². The van der Waals surface area contributed by atoms with E-state index in [1.165, 1.54) is 27.8 Å². The Balaban J connectivity index is 3.37. The molecular weight excluding hydrogens is 516 g/mol. The predicted molar refractivity (Wildman–Crippen MR) is 196 cm³/mol. The third-order valence-corrected chi connectivity index (χ3v) is 9.13. The minimum Gasteiger partial charge on any atom is -0.0645 e. The van der Waals surface area contributed by atoms with Crippen LogP contribution < -0.4 is 0 Å². The van der Waals surface area contributed by atoms with Crippen molar-refractivity contribution in [3.8, 4) is 0 Å². The monoisotopic (exact) mass is 589 g/mol. The topological polar surface area (TPSA) is 0 Å². The van der Waals surface area contributed by atoms with Gasteiger partial charge in [0.1, 0.15) is 0 Å². The first-order chi connectivity index (χ1) is 18.8. The minimum atomic E-state index is 0.00679. The quantitative estimate of drug-likeness (QED) is 0.334. The van der Waals surface area contributed by atoms with E-state index in [0.29, 0.717) is 5.92 Å². The zero-order valence-electron chi connectivity index (χ0n) is 33.0. The standard InChI is InChI=1S/C43H72/c1-23-28(27-24-30(37(2,3)4)34(41(14,15)16)31(25-27)38(5,6)7)29-26-32(39(8,9)10)35(42(17,18)19)36(43(20,21)22)33(29)40(11,12)13/h24-26,28H,23H2,1-22H3. The predicted octanol–water partition coefficient (Wildman–Crippen LogP) is 13.3. The number of hydrogen-bond donors (Lipinski definition) is 0. The van der Waals surface area contributed by atoms with E-state index in [2.05, 4.69) is 171 Å². The molecule has 0 radical (unpaired) electrons. The van der Waals surface area contributed by atoms with Crippen LogP contribution in [0.1, 0.15) is 215 Å². The lowest BCUT2D eigenvalue weighted by Crippen LogP contribution is -2.34. The second kappa shape index (κ2) is 11.4. The molecule has 0 N–H and O–H groups in total. The fraction of sp³-hybridized carbons (Fsp3) is 0.721. The molecule has 0 aliphatic heterocycles. The molecule has 2 aromatic carbocycles. The summed E-state index contributed by atoms with van der Waals surface area (Å²) >= 11 is 0. The Morgan fingerprint density at radius 3 is 0.930 bits per heavy atom. The van der Waals surface area contributed by atoms with Gasteiger partial charge in [-0.25, -0.2) is 0 Å². The second-order valence-corrected chi connectivity index (χ2v) is 20.8. The first-order valence-electron chi connectivity index (χ1n) is 17.2. The molecule has 1 unspecified atom stereocenters. The fourth-order valence-electron chi connectivity index (χ4n) is 7.40. The van der Waals surface area contributed by atoms with Gasteiger partial charge < -0.3 is 0 Å². The van der Waals surface area contributed by atoms with E-state index < -0.39 is 0 Å². The minimum absolute atomic E-state index is 0.00679. The summed E-state index contributed by atoms with van der Waals surface area (Å²) in [6.45, 7) is 53.2. The lowest BCUT2D eigenvalue weighted by Gasteiger charge is -2.43. The highest BCUT2D eigenvalue weighted by Gasteiger charge is 2.40. The van der Waals surface area contributed by atoms with Crippen LogP contribution in [0.4, 0.5) is 0 Å². The summed E-state index contributed by atoms with van der Waals surface area (Å²) in [6.07, 6.45) is 1.08. The number of hydrogen-bond acceptors (Lipinski definition) is 0. The summed E-state index contributed by atoms with van der Waals surface area (Å²) in [7, 11) is 0. The van der Waals surface area contributed by atoms with E-state index in [9.17, 15) is 0 Å². The zero-order chi connectivity index (χ0) is 34.1. The Hall–Kier alpha value is -1.56. The molecule has 0 heteroatoms. The van der Waals surface area contributed by atoms with Gasteiger partial charge >= 0.3 is 0 Å². The van der Waals surface area contributed by atoms with Gasteiger partial charge in [0.15, 0.2) is 0 Å². The molecule has 0 aromatic heterocycles. The molecule has 0 bridgehead atoms. The highest BCUT2D eigenvalue weighted by molar-refractivity contribution is 5.60. The van der Waals surface area contributed by atoms with E-state index in [1.54, 1.807) is 22.3 Å². The van der Waals surface area contributed by atoms with Crippen molar-refractivity contribution in [2.24, 2.45) is 0 Å². The Morgan fingerprint density at radius 1 is 0.372 bits per heavy atom. The summed E-state index contributed by atoms with van der Waals surface area (Å²) in [4.78, 5) is 0. The molecule has 2 aromatic rings. The van der Waals surface area contributed by atoms with Crippen LogP contribution >= 0.6 is 0 Å². The molecule has 0 aliphatic rings. The van der Waals surface area contributed by atoms with E-state index >= 15 is 0 Å². The van der Waals surface area contributed by atoms with Gasteiger partial charge in [-0.3, -0.25) is 0 Å². The van der Waals surface area contributed by atoms with Crippen LogP contribution in [0.3, 0.4) is 0 Å². The summed E-state index contributed by atoms with van der Waals surface area (Å²) < 4.78 is 0. The van der Waals surface area contributed by atoms with Crippen LogP contribution in [0.5, 0.6) is 0 Å². The Morgan fingerprint density at radius 2 is 0.674 bits per heavy atom. The van der Waals surface area contributed by atoms with Gasteiger partial charge in [0.25, 0.3) is 0 Å². The molecule has 0 saturated carbocycles. The maximum atomic E-state index is 2.66. The molecule has 0 saturated heterocycles. The third kappa shape index (κ3) is 8.00. The van der Waals surface area contributed by atoms with E-state index in [4.69, 9.17) is 0 Å². The van der Waals surface area contributed by atoms with Crippen LogP contribution in [0.2, 0.25) is 0 Å². The molecule has 0 aliphatic carbocycles. The van der Waals surface area contributed by atoms with Gasteiger partial charge in [0, 0.05) is 5.92 Å². The van der Waals surface area contributed by atoms with Gasteiger partial charge in [0.05, 0.1) is 0 Å². The molecule has 0 heterocycles. The highest BCUT2D eigenvalue weighted by Crippen LogP contribution is 2.51. The molecular formula is C43H72. The van der Waals surface area contributed by atoms with Crippen molar-refractivity contribution in [2.45, 2.75) is 203 Å². The smallest absolute Gasteiger partial charge is 0.00900 e. The Bertz CT molecular complexity index is 1260. The van der Waals surface area contributed by atoms with Crippen molar-refractivity contribution in [1.82, 2.24) is 0 Å². The largest absolute Gasteiger partial charge is 0.0645 e. The molecule has 0 spiro atoms. The summed E-state index contributed by atoms with van der Waals surface area (Å²) in [5, 5.41) is 0. The van der Waals surface area contributed by atoms with E-state index in [1.807, 2.05) is 0 Å². The van der Waals surface area contributed by atoms with Crippen molar-refractivity contribution < 1.29 is 0 Å². The Labute approximate surface area is 270 Å². The maximum absolute atomic E-state index is 2.66. The van der Waals surface area contributed by atoms with Gasteiger partial charge in [-0.2, -0.15) is 0 Å². The summed E-state index contributed by atoms with van der Waals surface area (Å²) in [6, 6.07) is 7.89. The highest BCUT2D eigenvalue weighted by atomic mass is 14.4. The van der Waals surface area contributed by atoms with Crippen molar-refractivity contribution in [2.75, 3.05) is 0 Å². The van der Waals surface area contributed by atoms with Gasteiger partial charge in [0.2, 0.25) is 0 Å². The van der Waals surface area contributed by atoms with Crippen molar-refractivity contribution in [3.63, 3.8) is 0 Å². The van der Waals surface area contributed by atoms with Crippen LogP contribution in [-0.4, -0.2) is 0 Å². The zero-order valence-corrected chi connectivity index (χ0v) is 33.0. The van der Waals surface area contributed by atoms with Crippen molar-refractivity contribution in [1.29, 1.82) is 0 Å². The first-order valence-corrected chi connectivity index (χ1v) is 17.2. The lowest BCUT2D eigenvalue weighted by atomic mass is 9.61. The fourth-order valence-corrected chi connectivity index (χ4v) is 7.40. The first kappa shape index (κ1) is 37.6. The maximum Gasteiger partial charge on any atom is 0.00900 e. The van der Waals surface area contributed by atoms with Crippen molar-refractivity contribution in [3.05, 3.63) is 68.3 Å². The molecule has 1 atom stereocenters. The summed E-state index contributed by atoms with van der Waals surface area (Å²) in [5.41, 5.74) is 14.1. The molecule has 2 rings (SSSR count). The molecule has 43 heavy (non-hydrogen) atoms. The Kier molecular flexibility index (Phi) is 9.93. The van der Waals surface area contributed by atoms with Crippen LogP contribution in [0.25, 0.3) is 0 Å². The SMILES string of the molecule is CCC(c1cc(C(C)(C)C)c(C(C)(C)C)c(C(C)(C)C)c1)c1cc(C(C)(C)C)c(C(C)(C)C)c(C(C)(C)C)c1C(C)(C)C. The molecule has 0 amide bonds. The number of benzene rings is 2. The second-order valence-electron chi connectivity index (χ2n) is 20.8. The number of rotatable bonds is 3. The van der Waals surface area contributed by atoms with Crippen LogP contribution in [-0.2, 0) is 37.9 Å². The van der Waals surface area contributed by atoms with E-state index in [-0.39, 0.29) is 37.9 Å². The lowest BCUT2D eigenvalue weighted by molar-refractivity contribution is 0.470. The summed E-state index contributed by atoms with van der Waals surface area (Å²) in [5.74, 6) is 0.321. The third-order valence-electron chi connectivity index (χ3n) is 9.13.